The van der Waals surface area contributed by atoms with Crippen LogP contribution >= 0.6 is 0 Å². The molecule has 0 aliphatic rings. The Labute approximate surface area is 206 Å². The van der Waals surface area contributed by atoms with Gasteiger partial charge in [-0.05, 0) is 18.2 Å². The van der Waals surface area contributed by atoms with Crippen LogP contribution in [-0.2, 0) is 24.7 Å². The van der Waals surface area contributed by atoms with Crippen LogP contribution in [0.15, 0.2) is 34.1 Å². The van der Waals surface area contributed by atoms with Crippen molar-refractivity contribution in [2.45, 2.75) is 16.7 Å². The third-order valence-electron chi connectivity index (χ3n) is 3.72. The van der Waals surface area contributed by atoms with Crippen LogP contribution < -0.4 is 24.8 Å². The quantitative estimate of drug-likeness (QED) is 0.315. The summed E-state index contributed by atoms with van der Waals surface area (Å²) in [6.45, 7) is 1.33. The molecule has 2 rings (SSSR count). The second kappa shape index (κ2) is 11.4. The third kappa shape index (κ3) is 6.77. The van der Waals surface area contributed by atoms with Gasteiger partial charge in [-0.1, -0.05) is 6.92 Å². The number of nitrogens with one attached hydrogen (secondary N) is 3. The molecule has 32 heavy (non-hydrogen) atoms. The van der Waals surface area contributed by atoms with Crippen LogP contribution in [-0.4, -0.2) is 88.8 Å². The predicted octanol–water partition coefficient (Wildman–Crippen LogP) is -0.0147. The number of amides is 3. The van der Waals surface area contributed by atoms with Gasteiger partial charge in [0.25, 0.3) is 10.0 Å². The molecule has 3 amide bonds. The van der Waals surface area contributed by atoms with Crippen molar-refractivity contribution in [1.82, 2.24) is 14.7 Å². The van der Waals surface area contributed by atoms with E-state index in [1.54, 1.807) is 4.72 Å². The molecule has 0 aliphatic heterocycles. The fourth-order valence-corrected chi connectivity index (χ4v) is 4.94. The van der Waals surface area contributed by atoms with Crippen LogP contribution in [0.5, 0.6) is 11.8 Å². The van der Waals surface area contributed by atoms with Gasteiger partial charge in [-0.3, -0.25) is 10.1 Å². The number of sulfone groups is 1. The Balaban J connectivity index is 0.00000512. The van der Waals surface area contributed by atoms with E-state index in [-0.39, 0.29) is 65.1 Å². The van der Waals surface area contributed by atoms with Crippen molar-refractivity contribution in [3.8, 4) is 11.8 Å². The van der Waals surface area contributed by atoms with Gasteiger partial charge >= 0.3 is 6.03 Å². The Bertz CT molecular complexity index is 1180. The average Bonchev–Trinajstić information content (AvgIpc) is 2.73. The Morgan fingerprint density at radius 3 is 2.12 bits per heavy atom. The first-order valence-corrected chi connectivity index (χ1v) is 11.6. The average molecular weight is 496 g/mol. The number of methoxy groups -OCH3 is 2. The summed E-state index contributed by atoms with van der Waals surface area (Å²) in [6.07, 6.45) is 0.285. The molecule has 0 saturated carbocycles. The number of aromatic nitrogens is 2. The summed E-state index contributed by atoms with van der Waals surface area (Å²) >= 11 is 0. The maximum absolute atomic E-state index is 12.8. The molecule has 16 heteroatoms. The molecule has 2 aromatic rings. The number of ether oxygens (including phenoxy) is 2. The number of urea groups is 1. The molecule has 1 aromatic carbocycles. The van der Waals surface area contributed by atoms with E-state index in [1.807, 2.05) is 0 Å². The smallest absolute Gasteiger partial charge is 0.335 e. The van der Waals surface area contributed by atoms with Gasteiger partial charge in [0.15, 0.2) is 9.84 Å². The molecular formula is C16H19N5NaO8S2. The Morgan fingerprint density at radius 2 is 1.62 bits per heavy atom. The van der Waals surface area contributed by atoms with E-state index in [1.165, 1.54) is 33.3 Å². The molecular weight excluding hydrogens is 477 g/mol. The number of carbonyl (C=O) groups is 2. The summed E-state index contributed by atoms with van der Waals surface area (Å²) in [7, 11) is -6.05. The zero-order valence-electron chi connectivity index (χ0n) is 17.6. The van der Waals surface area contributed by atoms with Crippen molar-refractivity contribution in [2.75, 3.05) is 30.6 Å². The van der Waals surface area contributed by atoms with Crippen molar-refractivity contribution in [3.63, 3.8) is 0 Å². The first-order chi connectivity index (χ1) is 14.6. The van der Waals surface area contributed by atoms with Gasteiger partial charge in [-0.15, -0.1) is 0 Å². The van der Waals surface area contributed by atoms with Crippen molar-refractivity contribution < 1.29 is 35.9 Å². The fraction of sp³-hybridized carbons (Fsp3) is 0.250. The van der Waals surface area contributed by atoms with Crippen molar-refractivity contribution in [2.24, 2.45) is 0 Å². The molecule has 0 spiro atoms. The summed E-state index contributed by atoms with van der Waals surface area (Å²) in [5.74, 6) is -0.649. The predicted molar refractivity (Wildman–Crippen MR) is 114 cm³/mol. The van der Waals surface area contributed by atoms with Gasteiger partial charge in [0.05, 0.1) is 30.9 Å². The summed E-state index contributed by atoms with van der Waals surface area (Å²) in [4.78, 5) is 29.3. The van der Waals surface area contributed by atoms with E-state index in [9.17, 15) is 26.4 Å². The molecule has 1 aromatic heterocycles. The van der Waals surface area contributed by atoms with Crippen LogP contribution in [0.2, 0.25) is 0 Å². The summed E-state index contributed by atoms with van der Waals surface area (Å²) in [5, 5.41) is 4.32. The zero-order chi connectivity index (χ0) is 23.2. The molecule has 0 atom stereocenters. The number of rotatable bonds is 9. The van der Waals surface area contributed by atoms with Gasteiger partial charge in [0, 0.05) is 35.2 Å². The molecule has 1 radical (unpaired) electrons. The number of sulfonamides is 1. The van der Waals surface area contributed by atoms with Crippen molar-refractivity contribution >= 4 is 73.5 Å². The van der Waals surface area contributed by atoms with E-state index in [2.05, 4.69) is 20.6 Å². The summed E-state index contributed by atoms with van der Waals surface area (Å²) in [6, 6.07) is 3.20. The zero-order valence-corrected chi connectivity index (χ0v) is 21.2. The first kappa shape index (κ1) is 27.6. The molecule has 0 unspecified atom stereocenters. The SMILES string of the molecule is CCS(=O)(=O)c1ccc(NC=O)cc1S(=O)(=O)NC(=O)Nc1nc(OC)cc(OC)n1.[Na]. The molecule has 0 fully saturated rings. The Morgan fingerprint density at radius 1 is 1.03 bits per heavy atom. The second-order valence-corrected chi connectivity index (χ2v) is 9.56. The normalized spacial score (nSPS) is 11.0. The van der Waals surface area contributed by atoms with Crippen molar-refractivity contribution in [1.29, 1.82) is 0 Å². The van der Waals surface area contributed by atoms with Crippen LogP contribution in [0.3, 0.4) is 0 Å². The first-order valence-electron chi connectivity index (χ1n) is 8.44. The van der Waals surface area contributed by atoms with E-state index in [4.69, 9.17) is 9.47 Å². The molecule has 1 heterocycles. The number of carbonyl (C=O) groups excluding carboxylic acids is 2. The number of nitrogens with zero attached hydrogens (tertiary/aromatic N) is 2. The van der Waals surface area contributed by atoms with Crippen LogP contribution in [0.1, 0.15) is 6.92 Å². The maximum atomic E-state index is 12.8. The fourth-order valence-electron chi connectivity index (χ4n) is 2.26. The summed E-state index contributed by atoms with van der Waals surface area (Å²) < 4.78 is 61.7. The molecule has 3 N–H and O–H groups in total. The Hall–Kier alpha value is -2.46. The molecule has 0 saturated heterocycles. The van der Waals surface area contributed by atoms with E-state index >= 15 is 0 Å². The van der Waals surface area contributed by atoms with Crippen LogP contribution in [0.4, 0.5) is 16.4 Å². The molecule has 13 nitrogen and oxygen atoms in total. The van der Waals surface area contributed by atoms with Crippen LogP contribution in [0.25, 0.3) is 0 Å². The van der Waals surface area contributed by atoms with E-state index < -0.39 is 35.7 Å². The van der Waals surface area contributed by atoms with Gasteiger partial charge in [-0.2, -0.15) is 9.97 Å². The van der Waals surface area contributed by atoms with Gasteiger partial charge in [-0.25, -0.2) is 26.4 Å². The Kier molecular flexibility index (Phi) is 9.84. The standard InChI is InChI=1S/C16H19N5O8S2.Na/c1-4-30(24,25)11-6-5-10(17-9-22)7-12(11)31(26,27)21-16(23)20-15-18-13(28-2)8-14(19-15)29-3;/h5-9H,4H2,1-3H3,(H,17,22)(H2,18,19,20,21,23);. The molecule has 0 bridgehead atoms. The molecule has 169 valence electrons. The summed E-state index contributed by atoms with van der Waals surface area (Å²) in [5.41, 5.74) is 0.00621. The van der Waals surface area contributed by atoms with Crippen LogP contribution in [0, 0.1) is 0 Å². The van der Waals surface area contributed by atoms with E-state index in [0.29, 0.717) is 0 Å². The van der Waals surface area contributed by atoms with E-state index in [0.717, 1.165) is 12.1 Å². The minimum Gasteiger partial charge on any atom is -0.481 e. The van der Waals surface area contributed by atoms with Gasteiger partial charge < -0.3 is 14.8 Å². The maximum Gasteiger partial charge on any atom is 0.335 e. The monoisotopic (exact) mass is 496 g/mol. The number of hydrogen-bond acceptors (Lipinski definition) is 10. The largest absolute Gasteiger partial charge is 0.481 e. The van der Waals surface area contributed by atoms with Crippen molar-refractivity contribution in [3.05, 3.63) is 24.3 Å². The molecule has 0 aliphatic carbocycles. The number of benzene rings is 1. The number of anilines is 2. The minimum absolute atomic E-state index is 0. The third-order valence-corrected chi connectivity index (χ3v) is 7.01. The number of hydrogen-bond donors (Lipinski definition) is 3. The minimum atomic E-state index is -4.69. The van der Waals surface area contributed by atoms with Gasteiger partial charge in [0.2, 0.25) is 24.1 Å². The van der Waals surface area contributed by atoms with Gasteiger partial charge in [0.1, 0.15) is 4.90 Å². The second-order valence-electron chi connectivity index (χ2n) is 5.66. The topological polar surface area (TPSA) is 183 Å².